The van der Waals surface area contributed by atoms with Crippen molar-refractivity contribution in [3.8, 4) is 0 Å². The lowest BCUT2D eigenvalue weighted by Crippen LogP contribution is -2.14. The second-order valence-corrected chi connectivity index (χ2v) is 4.08. The van der Waals surface area contributed by atoms with Crippen LogP contribution in [0.25, 0.3) is 0 Å². The summed E-state index contributed by atoms with van der Waals surface area (Å²) >= 11 is 0. The van der Waals surface area contributed by atoms with Crippen molar-refractivity contribution in [3.05, 3.63) is 47.0 Å². The van der Waals surface area contributed by atoms with Crippen LogP contribution in [0, 0.1) is 20.8 Å². The molecule has 0 atom stereocenters. The van der Waals surface area contributed by atoms with E-state index < -0.39 is 0 Å². The van der Waals surface area contributed by atoms with Crippen LogP contribution in [-0.4, -0.2) is 15.9 Å². The van der Waals surface area contributed by atoms with Crippen LogP contribution >= 0.6 is 0 Å². The lowest BCUT2D eigenvalue weighted by molar-refractivity contribution is 0.102. The lowest BCUT2D eigenvalue weighted by atomic mass is 10.1. The van der Waals surface area contributed by atoms with Gasteiger partial charge in [-0.05, 0) is 38.0 Å². The topological polar surface area (TPSA) is 57.8 Å². The lowest BCUT2D eigenvalue weighted by Gasteiger charge is -2.09. The number of hydrogen-bond acceptors (Lipinski definition) is 2. The molecule has 1 aromatic heterocycles. The highest BCUT2D eigenvalue weighted by Gasteiger charge is 2.12. The third-order valence-electron chi connectivity index (χ3n) is 2.90. The van der Waals surface area contributed by atoms with E-state index in [4.69, 9.17) is 0 Å². The summed E-state index contributed by atoms with van der Waals surface area (Å²) in [6.45, 7) is 5.83. The van der Waals surface area contributed by atoms with Crippen LogP contribution in [0.5, 0.6) is 0 Å². The maximum atomic E-state index is 12.0. The first kappa shape index (κ1) is 11.4. The number of benzene rings is 1. The van der Waals surface area contributed by atoms with Gasteiger partial charge in [0.05, 0.1) is 6.33 Å². The van der Waals surface area contributed by atoms with E-state index in [9.17, 15) is 4.79 Å². The molecule has 0 aliphatic rings. The Morgan fingerprint density at radius 2 is 2.06 bits per heavy atom. The predicted molar refractivity (Wildman–Crippen MR) is 67.2 cm³/mol. The Morgan fingerprint density at radius 1 is 1.29 bits per heavy atom. The number of carbonyl (C=O) groups excluding carboxylic acids is 1. The highest BCUT2D eigenvalue weighted by atomic mass is 16.1. The molecule has 0 unspecified atom stereocenters. The Hall–Kier alpha value is -2.10. The quantitative estimate of drug-likeness (QED) is 0.831. The molecule has 4 heteroatoms. The molecule has 88 valence electrons. The SMILES string of the molecule is Cc1cccc(NC(=O)c2nc[nH]c2C)c1C. The summed E-state index contributed by atoms with van der Waals surface area (Å²) < 4.78 is 0. The van der Waals surface area contributed by atoms with Crippen molar-refractivity contribution < 1.29 is 4.79 Å². The third-order valence-corrected chi connectivity index (χ3v) is 2.90. The van der Waals surface area contributed by atoms with E-state index in [1.807, 2.05) is 39.0 Å². The van der Waals surface area contributed by atoms with Gasteiger partial charge in [-0.1, -0.05) is 12.1 Å². The van der Waals surface area contributed by atoms with Gasteiger partial charge >= 0.3 is 0 Å². The van der Waals surface area contributed by atoms with E-state index in [-0.39, 0.29) is 5.91 Å². The molecule has 0 saturated carbocycles. The van der Waals surface area contributed by atoms with Gasteiger partial charge in [-0.2, -0.15) is 0 Å². The molecule has 1 heterocycles. The normalized spacial score (nSPS) is 10.3. The minimum atomic E-state index is -0.183. The highest BCUT2D eigenvalue weighted by Crippen LogP contribution is 2.18. The molecular formula is C13H15N3O. The summed E-state index contributed by atoms with van der Waals surface area (Å²) in [6, 6.07) is 5.84. The average Bonchev–Trinajstić information content (AvgIpc) is 2.71. The molecule has 0 aliphatic carbocycles. The van der Waals surface area contributed by atoms with Gasteiger partial charge < -0.3 is 10.3 Å². The first-order valence-corrected chi connectivity index (χ1v) is 5.47. The Kier molecular flexibility index (Phi) is 2.95. The monoisotopic (exact) mass is 229 g/mol. The average molecular weight is 229 g/mol. The number of hydrogen-bond donors (Lipinski definition) is 2. The van der Waals surface area contributed by atoms with Crippen LogP contribution in [0.15, 0.2) is 24.5 Å². The van der Waals surface area contributed by atoms with Crippen LogP contribution in [-0.2, 0) is 0 Å². The minimum Gasteiger partial charge on any atom is -0.348 e. The van der Waals surface area contributed by atoms with E-state index in [1.165, 1.54) is 6.33 Å². The van der Waals surface area contributed by atoms with Crippen LogP contribution < -0.4 is 5.32 Å². The molecule has 2 aromatic rings. The number of amides is 1. The molecule has 0 saturated heterocycles. The molecule has 2 N–H and O–H groups in total. The summed E-state index contributed by atoms with van der Waals surface area (Å²) in [5.41, 5.74) is 4.27. The van der Waals surface area contributed by atoms with E-state index in [2.05, 4.69) is 15.3 Å². The van der Waals surface area contributed by atoms with Crippen molar-refractivity contribution in [1.29, 1.82) is 0 Å². The minimum absolute atomic E-state index is 0.183. The molecular weight excluding hydrogens is 214 g/mol. The molecule has 1 aromatic carbocycles. The number of imidazole rings is 1. The molecule has 4 nitrogen and oxygen atoms in total. The second-order valence-electron chi connectivity index (χ2n) is 4.08. The number of carbonyl (C=O) groups is 1. The van der Waals surface area contributed by atoms with Crippen LogP contribution in [0.4, 0.5) is 5.69 Å². The third kappa shape index (κ3) is 2.20. The first-order valence-electron chi connectivity index (χ1n) is 5.47. The number of rotatable bonds is 2. The fourth-order valence-electron chi connectivity index (χ4n) is 1.66. The van der Waals surface area contributed by atoms with Gasteiger partial charge in [0.15, 0.2) is 0 Å². The summed E-state index contributed by atoms with van der Waals surface area (Å²) in [5.74, 6) is -0.183. The van der Waals surface area contributed by atoms with E-state index in [0.29, 0.717) is 5.69 Å². The van der Waals surface area contributed by atoms with Gasteiger partial charge in [-0.25, -0.2) is 4.98 Å². The number of aromatic amines is 1. The summed E-state index contributed by atoms with van der Waals surface area (Å²) in [4.78, 5) is 18.9. The summed E-state index contributed by atoms with van der Waals surface area (Å²) in [5, 5.41) is 2.87. The molecule has 2 rings (SSSR count). The maximum Gasteiger partial charge on any atom is 0.276 e. The van der Waals surface area contributed by atoms with Gasteiger partial charge in [0.1, 0.15) is 5.69 Å². The maximum absolute atomic E-state index is 12.0. The van der Waals surface area contributed by atoms with Crippen molar-refractivity contribution in [2.24, 2.45) is 0 Å². The van der Waals surface area contributed by atoms with Crippen LogP contribution in [0.1, 0.15) is 27.3 Å². The zero-order chi connectivity index (χ0) is 12.4. The Balaban J connectivity index is 2.25. The molecule has 17 heavy (non-hydrogen) atoms. The summed E-state index contributed by atoms with van der Waals surface area (Å²) in [6.07, 6.45) is 1.52. The van der Waals surface area contributed by atoms with Crippen LogP contribution in [0.2, 0.25) is 0 Å². The number of anilines is 1. The van der Waals surface area contributed by atoms with Crippen molar-refractivity contribution in [1.82, 2.24) is 9.97 Å². The van der Waals surface area contributed by atoms with E-state index in [0.717, 1.165) is 22.5 Å². The number of H-pyrrole nitrogens is 1. The molecule has 0 aliphatic heterocycles. The van der Waals surface area contributed by atoms with E-state index in [1.54, 1.807) is 0 Å². The first-order chi connectivity index (χ1) is 8.09. The van der Waals surface area contributed by atoms with Crippen molar-refractivity contribution in [2.45, 2.75) is 20.8 Å². The van der Waals surface area contributed by atoms with Crippen LogP contribution in [0.3, 0.4) is 0 Å². The number of nitrogens with zero attached hydrogens (tertiary/aromatic N) is 1. The van der Waals surface area contributed by atoms with Crippen molar-refractivity contribution in [2.75, 3.05) is 5.32 Å². The zero-order valence-corrected chi connectivity index (χ0v) is 10.2. The fourth-order valence-corrected chi connectivity index (χ4v) is 1.66. The van der Waals surface area contributed by atoms with Gasteiger partial charge in [-0.15, -0.1) is 0 Å². The van der Waals surface area contributed by atoms with Crippen molar-refractivity contribution >= 4 is 11.6 Å². The summed E-state index contributed by atoms with van der Waals surface area (Å²) in [7, 11) is 0. The molecule has 0 spiro atoms. The van der Waals surface area contributed by atoms with Gasteiger partial charge in [0.25, 0.3) is 5.91 Å². The van der Waals surface area contributed by atoms with Gasteiger partial charge in [0.2, 0.25) is 0 Å². The van der Waals surface area contributed by atoms with Gasteiger partial charge in [0, 0.05) is 11.4 Å². The standard InChI is InChI=1S/C13H15N3O/c1-8-5-4-6-11(9(8)2)16-13(17)12-10(3)14-7-15-12/h4-7H,1-3H3,(H,14,15)(H,16,17). The smallest absolute Gasteiger partial charge is 0.276 e. The zero-order valence-electron chi connectivity index (χ0n) is 10.2. The van der Waals surface area contributed by atoms with Gasteiger partial charge in [-0.3, -0.25) is 4.79 Å². The Morgan fingerprint density at radius 3 is 2.71 bits per heavy atom. The predicted octanol–water partition coefficient (Wildman–Crippen LogP) is 2.59. The Labute approximate surface area is 100 Å². The number of nitrogens with one attached hydrogen (secondary N) is 2. The fraction of sp³-hybridized carbons (Fsp3) is 0.231. The number of aryl methyl sites for hydroxylation is 2. The highest BCUT2D eigenvalue weighted by molar-refractivity contribution is 6.04. The largest absolute Gasteiger partial charge is 0.348 e. The molecule has 1 amide bonds. The Bertz CT molecular complexity index is 558. The molecule has 0 bridgehead atoms. The van der Waals surface area contributed by atoms with E-state index >= 15 is 0 Å². The number of aromatic nitrogens is 2. The van der Waals surface area contributed by atoms with Crippen molar-refractivity contribution in [3.63, 3.8) is 0 Å². The second kappa shape index (κ2) is 4.41. The molecule has 0 fully saturated rings. The molecule has 0 radical (unpaired) electrons.